The summed E-state index contributed by atoms with van der Waals surface area (Å²) in [6.45, 7) is 0. The summed E-state index contributed by atoms with van der Waals surface area (Å²) in [7, 11) is 4.49. The molecular formula is C22H16Cl2FN3O4S2. The number of nitrogens with zero attached hydrogens (tertiary/aromatic N) is 3. The maximum Gasteiger partial charge on any atom is 0.283 e. The third-order valence-electron chi connectivity index (χ3n) is 4.61. The van der Waals surface area contributed by atoms with Crippen molar-refractivity contribution in [2.24, 2.45) is 5.10 Å². The van der Waals surface area contributed by atoms with Crippen molar-refractivity contribution in [2.45, 2.75) is 0 Å². The van der Waals surface area contributed by atoms with Crippen molar-refractivity contribution < 1.29 is 23.4 Å². The molecule has 0 N–H and O–H groups in total. The van der Waals surface area contributed by atoms with Gasteiger partial charge in [0.1, 0.15) is 10.2 Å². The number of ether oxygens (including phenoxy) is 3. The summed E-state index contributed by atoms with van der Waals surface area (Å²) in [5.74, 6) is 0.308. The zero-order chi connectivity index (χ0) is 24.4. The average molecular weight is 540 g/mol. The fourth-order valence-electron chi connectivity index (χ4n) is 3.07. The number of fused-ring (bicyclic) bond motifs is 1. The Labute approximate surface area is 211 Å². The quantitative estimate of drug-likeness (QED) is 0.197. The lowest BCUT2D eigenvalue weighted by atomic mass is 10.2. The molecule has 12 heteroatoms. The lowest BCUT2D eigenvalue weighted by Crippen LogP contribution is -2.25. The molecule has 0 aliphatic heterocycles. The van der Waals surface area contributed by atoms with Crippen LogP contribution < -0.4 is 19.2 Å². The SMILES string of the molecule is COc1cc(/C=N/N(C(=O)c2cc(Cl)sc2Cl)c2nc3ccc(F)cc3s2)cc(OC)c1OC. The number of amides is 1. The Hall–Kier alpha value is -2.92. The number of benzene rings is 2. The number of methoxy groups -OCH3 is 3. The minimum absolute atomic E-state index is 0.171. The van der Waals surface area contributed by atoms with Gasteiger partial charge in [-0.2, -0.15) is 10.1 Å². The maximum atomic E-state index is 13.7. The number of halogens is 3. The summed E-state index contributed by atoms with van der Waals surface area (Å²) in [6.07, 6.45) is 1.44. The molecule has 34 heavy (non-hydrogen) atoms. The van der Waals surface area contributed by atoms with Crippen molar-refractivity contribution in [3.63, 3.8) is 0 Å². The van der Waals surface area contributed by atoms with Crippen LogP contribution >= 0.6 is 45.9 Å². The van der Waals surface area contributed by atoms with Crippen molar-refractivity contribution >= 4 is 73.3 Å². The second kappa shape index (κ2) is 10.1. The Morgan fingerprint density at radius 3 is 2.35 bits per heavy atom. The Morgan fingerprint density at radius 1 is 1.06 bits per heavy atom. The minimum Gasteiger partial charge on any atom is -0.493 e. The molecule has 4 aromatic rings. The number of aromatic nitrogens is 1. The largest absolute Gasteiger partial charge is 0.493 e. The van der Waals surface area contributed by atoms with E-state index in [1.165, 1.54) is 51.8 Å². The predicted molar refractivity (Wildman–Crippen MR) is 134 cm³/mol. The van der Waals surface area contributed by atoms with Crippen molar-refractivity contribution in [1.82, 2.24) is 4.98 Å². The van der Waals surface area contributed by atoms with Crippen LogP contribution in [0.2, 0.25) is 8.67 Å². The number of hydrogen-bond donors (Lipinski definition) is 0. The first-order valence-electron chi connectivity index (χ1n) is 9.54. The lowest BCUT2D eigenvalue weighted by molar-refractivity contribution is 0.0988. The van der Waals surface area contributed by atoms with Crippen molar-refractivity contribution in [3.8, 4) is 17.2 Å². The molecule has 0 aliphatic rings. The van der Waals surface area contributed by atoms with Crippen LogP contribution in [-0.2, 0) is 0 Å². The molecule has 7 nitrogen and oxygen atoms in total. The van der Waals surface area contributed by atoms with Gasteiger partial charge >= 0.3 is 0 Å². The number of anilines is 1. The third-order valence-corrected chi connectivity index (χ3v) is 7.09. The zero-order valence-electron chi connectivity index (χ0n) is 18.0. The Morgan fingerprint density at radius 2 is 1.76 bits per heavy atom. The Kier molecular flexibility index (Phi) is 7.22. The summed E-state index contributed by atoms with van der Waals surface area (Å²) in [4.78, 5) is 17.8. The number of hydrogen-bond acceptors (Lipinski definition) is 8. The minimum atomic E-state index is -0.545. The first-order valence-corrected chi connectivity index (χ1v) is 11.9. The molecule has 0 aliphatic carbocycles. The van der Waals surface area contributed by atoms with E-state index in [1.807, 2.05) is 0 Å². The van der Waals surface area contributed by atoms with Gasteiger partial charge in [0.2, 0.25) is 10.9 Å². The van der Waals surface area contributed by atoms with E-state index in [2.05, 4.69) is 10.1 Å². The monoisotopic (exact) mass is 539 g/mol. The van der Waals surface area contributed by atoms with Crippen LogP contribution in [0.15, 0.2) is 41.5 Å². The molecule has 4 rings (SSSR count). The van der Waals surface area contributed by atoms with E-state index in [4.69, 9.17) is 37.4 Å². The number of carbonyl (C=O) groups is 1. The van der Waals surface area contributed by atoms with Crippen molar-refractivity contribution in [1.29, 1.82) is 0 Å². The molecule has 0 atom stereocenters. The Bertz CT molecular complexity index is 1380. The highest BCUT2D eigenvalue weighted by Crippen LogP contribution is 2.38. The average Bonchev–Trinajstić information content (AvgIpc) is 3.39. The molecule has 2 heterocycles. The van der Waals surface area contributed by atoms with Gasteiger partial charge in [0.15, 0.2) is 11.5 Å². The highest BCUT2D eigenvalue weighted by Gasteiger charge is 2.25. The number of carbonyl (C=O) groups excluding carboxylic acids is 1. The van der Waals surface area contributed by atoms with Gasteiger partial charge in [-0.1, -0.05) is 34.5 Å². The van der Waals surface area contributed by atoms with E-state index < -0.39 is 11.7 Å². The fourth-order valence-corrected chi connectivity index (χ4v) is 5.46. The number of rotatable bonds is 7. The van der Waals surface area contributed by atoms with Gasteiger partial charge < -0.3 is 14.2 Å². The molecule has 0 saturated heterocycles. The van der Waals surface area contributed by atoms with E-state index in [9.17, 15) is 9.18 Å². The number of thiazole rings is 1. The van der Waals surface area contributed by atoms with Gasteiger partial charge in [-0.25, -0.2) is 9.37 Å². The van der Waals surface area contributed by atoms with Crippen LogP contribution in [0.25, 0.3) is 10.2 Å². The van der Waals surface area contributed by atoms with Gasteiger partial charge in [0.05, 0.1) is 47.7 Å². The molecule has 1 amide bonds. The van der Waals surface area contributed by atoms with Gasteiger partial charge in [0.25, 0.3) is 5.91 Å². The molecule has 0 radical (unpaired) electrons. The van der Waals surface area contributed by atoms with Gasteiger partial charge in [-0.05, 0) is 36.4 Å². The second-order valence-electron chi connectivity index (χ2n) is 6.67. The molecule has 0 fully saturated rings. The molecule has 2 aromatic carbocycles. The van der Waals surface area contributed by atoms with E-state index in [1.54, 1.807) is 12.1 Å². The smallest absolute Gasteiger partial charge is 0.283 e. The molecular weight excluding hydrogens is 524 g/mol. The van der Waals surface area contributed by atoms with E-state index in [0.29, 0.717) is 37.4 Å². The fraction of sp³-hybridized carbons (Fsp3) is 0.136. The number of thiophene rings is 1. The van der Waals surface area contributed by atoms with Crippen molar-refractivity contribution in [2.75, 3.05) is 26.3 Å². The van der Waals surface area contributed by atoms with Crippen LogP contribution in [0.1, 0.15) is 15.9 Å². The van der Waals surface area contributed by atoms with Gasteiger partial charge in [0, 0.05) is 5.56 Å². The van der Waals surface area contributed by atoms with E-state index in [0.717, 1.165) is 27.7 Å². The van der Waals surface area contributed by atoms with Gasteiger partial charge in [-0.3, -0.25) is 4.79 Å². The summed E-state index contributed by atoms with van der Waals surface area (Å²) in [5, 5.41) is 5.70. The van der Waals surface area contributed by atoms with Crippen LogP contribution in [0.5, 0.6) is 17.2 Å². The Balaban J connectivity index is 1.80. The van der Waals surface area contributed by atoms with Crippen LogP contribution in [0, 0.1) is 5.82 Å². The molecule has 176 valence electrons. The first-order chi connectivity index (χ1) is 16.3. The zero-order valence-corrected chi connectivity index (χ0v) is 21.1. The first kappa shape index (κ1) is 24.2. The van der Waals surface area contributed by atoms with Crippen LogP contribution in [-0.4, -0.2) is 38.4 Å². The highest BCUT2D eigenvalue weighted by molar-refractivity contribution is 7.22. The molecule has 2 aromatic heterocycles. The van der Waals surface area contributed by atoms with E-state index >= 15 is 0 Å². The third kappa shape index (κ3) is 4.80. The normalized spacial score (nSPS) is 11.2. The standard InChI is InChI=1S/C22H16Cl2FN3O4S2/c1-30-15-6-11(7-16(31-2)19(15)32-3)10-26-28(21(29)13-9-18(23)34-20(13)24)22-27-14-5-4-12(25)8-17(14)33-22/h4-10H,1-3H3/b26-10+. The highest BCUT2D eigenvalue weighted by atomic mass is 35.5. The molecule has 0 saturated carbocycles. The van der Waals surface area contributed by atoms with Gasteiger partial charge in [-0.15, -0.1) is 11.3 Å². The number of hydrazone groups is 1. The van der Waals surface area contributed by atoms with E-state index in [-0.39, 0.29) is 15.0 Å². The lowest BCUT2D eigenvalue weighted by Gasteiger charge is -2.15. The predicted octanol–water partition coefficient (Wildman–Crippen LogP) is 6.51. The topological polar surface area (TPSA) is 73.2 Å². The van der Waals surface area contributed by atoms with Crippen LogP contribution in [0.4, 0.5) is 9.52 Å². The second-order valence-corrected chi connectivity index (χ2v) is 9.96. The summed E-state index contributed by atoms with van der Waals surface area (Å²) < 4.78 is 30.9. The summed E-state index contributed by atoms with van der Waals surface area (Å²) >= 11 is 14.4. The van der Waals surface area contributed by atoms with Crippen molar-refractivity contribution in [3.05, 3.63) is 62.0 Å². The maximum absolute atomic E-state index is 13.7. The molecule has 0 bridgehead atoms. The molecule has 0 spiro atoms. The summed E-state index contributed by atoms with van der Waals surface area (Å²) in [6, 6.07) is 8.99. The molecule has 0 unspecified atom stereocenters. The summed E-state index contributed by atoms with van der Waals surface area (Å²) in [5.41, 5.74) is 1.26. The van der Waals surface area contributed by atoms with Crippen LogP contribution in [0.3, 0.4) is 0 Å².